The molecule has 2 aromatic heterocycles. The Morgan fingerprint density at radius 3 is 2.56 bits per heavy atom. The van der Waals surface area contributed by atoms with Crippen molar-refractivity contribution in [3.05, 3.63) is 76.0 Å². The number of hydrogen-bond donors (Lipinski definition) is 1. The summed E-state index contributed by atoms with van der Waals surface area (Å²) in [6.45, 7) is 2.24. The number of nitrogens with zero attached hydrogens (tertiary/aromatic N) is 4. The van der Waals surface area contributed by atoms with Crippen LogP contribution in [0.25, 0.3) is 11.2 Å². The average Bonchev–Trinajstić information content (AvgIpc) is 3.04. The highest BCUT2D eigenvalue weighted by molar-refractivity contribution is 9.10. The maximum absolute atomic E-state index is 13.6. The number of rotatable bonds is 7. The zero-order valence-corrected chi connectivity index (χ0v) is 19.4. The van der Waals surface area contributed by atoms with Gasteiger partial charge in [-0.3, -0.25) is 8.75 Å². The molecule has 0 spiro atoms. The SMILES string of the molecule is Cc1ccc(S(=O)(=O)OCCc2cccc(Cn3c(Br)nc4c(N)nc(F)nc43)c2)cc1. The van der Waals surface area contributed by atoms with Gasteiger partial charge in [0.15, 0.2) is 21.7 Å². The van der Waals surface area contributed by atoms with Gasteiger partial charge in [-0.25, -0.2) is 4.98 Å². The number of fused-ring (bicyclic) bond motifs is 1. The van der Waals surface area contributed by atoms with E-state index >= 15 is 0 Å². The lowest BCUT2D eigenvalue weighted by Gasteiger charge is -2.09. The largest absolute Gasteiger partial charge is 0.382 e. The summed E-state index contributed by atoms with van der Waals surface area (Å²) in [5.74, 6) is -0.0346. The lowest BCUT2D eigenvalue weighted by atomic mass is 10.1. The molecule has 2 aromatic carbocycles. The number of aryl methyl sites for hydroxylation is 1. The molecule has 32 heavy (non-hydrogen) atoms. The number of hydrogen-bond acceptors (Lipinski definition) is 7. The molecular weight excluding hydrogens is 501 g/mol. The van der Waals surface area contributed by atoms with Crippen molar-refractivity contribution in [2.45, 2.75) is 24.8 Å². The maximum Gasteiger partial charge on any atom is 0.312 e. The first kappa shape index (κ1) is 22.3. The van der Waals surface area contributed by atoms with Crippen LogP contribution in [-0.4, -0.2) is 34.5 Å². The highest BCUT2D eigenvalue weighted by atomic mass is 79.9. The molecule has 11 heteroatoms. The molecule has 2 heterocycles. The van der Waals surface area contributed by atoms with E-state index in [0.717, 1.165) is 16.7 Å². The van der Waals surface area contributed by atoms with Crippen LogP contribution in [0.5, 0.6) is 0 Å². The summed E-state index contributed by atoms with van der Waals surface area (Å²) in [6, 6.07) is 14.1. The standard InChI is InChI=1S/C21H19BrFN5O3S/c1-13-5-7-16(8-6-13)32(29,30)31-10-9-14-3-2-4-15(11-14)12-28-19-17(25-20(28)22)18(24)26-21(23)27-19/h2-8,11H,9-10,12H2,1H3,(H2,24,26,27). The molecule has 0 saturated carbocycles. The highest BCUT2D eigenvalue weighted by Gasteiger charge is 2.17. The van der Waals surface area contributed by atoms with Gasteiger partial charge in [-0.2, -0.15) is 22.8 Å². The molecule has 0 aliphatic carbocycles. The van der Waals surface area contributed by atoms with Gasteiger partial charge >= 0.3 is 6.08 Å². The predicted molar refractivity (Wildman–Crippen MR) is 121 cm³/mol. The summed E-state index contributed by atoms with van der Waals surface area (Å²) in [7, 11) is -3.82. The van der Waals surface area contributed by atoms with Crippen molar-refractivity contribution in [2.75, 3.05) is 12.3 Å². The Kier molecular flexibility index (Phi) is 6.22. The third kappa shape index (κ3) is 4.79. The Bertz CT molecular complexity index is 1390. The van der Waals surface area contributed by atoms with E-state index < -0.39 is 16.2 Å². The Balaban J connectivity index is 1.47. The van der Waals surface area contributed by atoms with Crippen molar-refractivity contribution in [3.8, 4) is 0 Å². The lowest BCUT2D eigenvalue weighted by Crippen LogP contribution is -2.09. The van der Waals surface area contributed by atoms with Gasteiger partial charge in [-0.15, -0.1) is 0 Å². The van der Waals surface area contributed by atoms with E-state index in [2.05, 4.69) is 30.9 Å². The van der Waals surface area contributed by atoms with Gasteiger partial charge in [-0.1, -0.05) is 42.0 Å². The monoisotopic (exact) mass is 519 g/mol. The third-order valence-corrected chi connectivity index (χ3v) is 6.75. The first-order valence-electron chi connectivity index (χ1n) is 9.61. The van der Waals surface area contributed by atoms with E-state index in [9.17, 15) is 12.8 Å². The second-order valence-corrected chi connectivity index (χ2v) is 9.50. The third-order valence-electron chi connectivity index (χ3n) is 4.82. The minimum Gasteiger partial charge on any atom is -0.382 e. The minimum absolute atomic E-state index is 0.00628. The van der Waals surface area contributed by atoms with E-state index in [1.807, 2.05) is 31.2 Å². The molecule has 2 N–H and O–H groups in total. The zero-order valence-electron chi connectivity index (χ0n) is 17.0. The average molecular weight is 520 g/mol. The van der Waals surface area contributed by atoms with Gasteiger partial charge in [-0.05, 0) is 52.5 Å². The molecule has 4 rings (SSSR count). The van der Waals surface area contributed by atoms with Crippen molar-refractivity contribution in [3.63, 3.8) is 0 Å². The summed E-state index contributed by atoms with van der Waals surface area (Å²) in [5, 5.41) is 0. The van der Waals surface area contributed by atoms with E-state index in [4.69, 9.17) is 9.92 Å². The maximum atomic E-state index is 13.6. The van der Waals surface area contributed by atoms with Crippen LogP contribution in [0.4, 0.5) is 10.2 Å². The molecule has 0 radical (unpaired) electrons. The summed E-state index contributed by atoms with van der Waals surface area (Å²) in [6.07, 6.45) is -0.529. The smallest absolute Gasteiger partial charge is 0.312 e. The Morgan fingerprint density at radius 2 is 1.81 bits per heavy atom. The molecule has 0 fully saturated rings. The van der Waals surface area contributed by atoms with E-state index in [1.54, 1.807) is 16.7 Å². The quantitative estimate of drug-likeness (QED) is 0.225. The molecular formula is C21H19BrFN5O3S. The minimum atomic E-state index is -3.82. The normalized spacial score (nSPS) is 11.8. The van der Waals surface area contributed by atoms with Gasteiger partial charge in [0, 0.05) is 0 Å². The Labute approximate surface area is 192 Å². The summed E-state index contributed by atoms with van der Waals surface area (Å²) >= 11 is 3.35. The highest BCUT2D eigenvalue weighted by Crippen LogP contribution is 2.24. The molecule has 0 bridgehead atoms. The van der Waals surface area contributed by atoms with Gasteiger partial charge < -0.3 is 5.73 Å². The van der Waals surface area contributed by atoms with Crippen LogP contribution < -0.4 is 5.73 Å². The van der Waals surface area contributed by atoms with Gasteiger partial charge in [0.25, 0.3) is 10.1 Å². The molecule has 4 aromatic rings. The molecule has 166 valence electrons. The number of halogens is 2. The molecule has 0 amide bonds. The number of aromatic nitrogens is 4. The fraction of sp³-hybridized carbons (Fsp3) is 0.190. The van der Waals surface area contributed by atoms with Crippen molar-refractivity contribution in [1.29, 1.82) is 0 Å². The fourth-order valence-electron chi connectivity index (χ4n) is 3.22. The van der Waals surface area contributed by atoms with Crippen molar-refractivity contribution >= 4 is 43.0 Å². The Morgan fingerprint density at radius 1 is 1.09 bits per heavy atom. The molecule has 0 aliphatic rings. The van der Waals surface area contributed by atoms with E-state index in [-0.39, 0.29) is 23.0 Å². The second kappa shape index (κ2) is 8.93. The van der Waals surface area contributed by atoms with Crippen LogP contribution in [0.1, 0.15) is 16.7 Å². The summed E-state index contributed by atoms with van der Waals surface area (Å²) in [5.41, 5.74) is 9.08. The second-order valence-electron chi connectivity index (χ2n) is 7.18. The van der Waals surface area contributed by atoms with Gasteiger partial charge in [0.1, 0.15) is 0 Å². The molecule has 0 saturated heterocycles. The van der Waals surface area contributed by atoms with Crippen LogP contribution in [0.15, 0.2) is 58.2 Å². The number of anilines is 1. The first-order valence-corrected chi connectivity index (χ1v) is 11.8. The lowest BCUT2D eigenvalue weighted by molar-refractivity contribution is 0.322. The number of nitrogen functional groups attached to an aromatic ring is 1. The van der Waals surface area contributed by atoms with Crippen LogP contribution in [0.2, 0.25) is 0 Å². The number of imidazole rings is 1. The van der Waals surface area contributed by atoms with Gasteiger partial charge in [0.05, 0.1) is 18.0 Å². The topological polar surface area (TPSA) is 113 Å². The zero-order chi connectivity index (χ0) is 22.9. The summed E-state index contributed by atoms with van der Waals surface area (Å²) < 4.78 is 45.6. The van der Waals surface area contributed by atoms with Crippen molar-refractivity contribution < 1.29 is 17.0 Å². The molecule has 0 aliphatic heterocycles. The Hall–Kier alpha value is -2.89. The fourth-order valence-corrected chi connectivity index (χ4v) is 4.60. The van der Waals surface area contributed by atoms with Crippen LogP contribution in [0.3, 0.4) is 0 Å². The van der Waals surface area contributed by atoms with Crippen LogP contribution in [-0.2, 0) is 27.3 Å². The van der Waals surface area contributed by atoms with Crippen molar-refractivity contribution in [1.82, 2.24) is 19.5 Å². The number of benzene rings is 2. The molecule has 0 unspecified atom stereocenters. The summed E-state index contributed by atoms with van der Waals surface area (Å²) in [4.78, 5) is 11.7. The predicted octanol–water partition coefficient (Wildman–Crippen LogP) is 3.61. The van der Waals surface area contributed by atoms with Crippen molar-refractivity contribution in [2.24, 2.45) is 0 Å². The molecule has 8 nitrogen and oxygen atoms in total. The van der Waals surface area contributed by atoms with Gasteiger partial charge in [0.2, 0.25) is 0 Å². The van der Waals surface area contributed by atoms with Crippen LogP contribution >= 0.6 is 15.9 Å². The molecule has 0 atom stereocenters. The van der Waals surface area contributed by atoms with Crippen LogP contribution in [0, 0.1) is 13.0 Å². The van der Waals surface area contributed by atoms with E-state index in [0.29, 0.717) is 23.2 Å². The first-order chi connectivity index (χ1) is 15.2. The number of nitrogens with two attached hydrogens (primary N) is 1. The van der Waals surface area contributed by atoms with E-state index in [1.165, 1.54) is 12.1 Å².